The number of aromatic nitrogens is 1. The Bertz CT molecular complexity index is 554. The Hall–Kier alpha value is -2.29. The van der Waals surface area contributed by atoms with Crippen molar-refractivity contribution in [2.45, 2.75) is 26.4 Å². The summed E-state index contributed by atoms with van der Waals surface area (Å²) in [6.45, 7) is 7.74. The molecule has 0 atom stereocenters. The molecule has 21 heavy (non-hydrogen) atoms. The van der Waals surface area contributed by atoms with Crippen LogP contribution in [-0.4, -0.2) is 36.3 Å². The monoisotopic (exact) mass is 288 g/mol. The largest absolute Gasteiger partial charge is 0.444 e. The number of hydrogen-bond donors (Lipinski definition) is 1. The van der Waals surface area contributed by atoms with Gasteiger partial charge in [-0.1, -0.05) is 6.07 Å². The molecule has 2 rings (SSSR count). The van der Waals surface area contributed by atoms with E-state index in [1.807, 2.05) is 39.0 Å². The Morgan fingerprint density at radius 2 is 2.24 bits per heavy atom. The minimum absolute atomic E-state index is 0.380. The van der Waals surface area contributed by atoms with E-state index in [9.17, 15) is 4.79 Å². The van der Waals surface area contributed by atoms with Crippen molar-refractivity contribution in [3.05, 3.63) is 23.9 Å². The Labute approximate surface area is 124 Å². The van der Waals surface area contributed by atoms with Crippen molar-refractivity contribution in [2.24, 2.45) is 5.92 Å². The van der Waals surface area contributed by atoms with Crippen molar-refractivity contribution in [3.8, 4) is 6.07 Å². The number of anilines is 1. The van der Waals surface area contributed by atoms with Crippen LogP contribution in [0.25, 0.3) is 0 Å². The number of alkyl carbamates (subject to hydrolysis) is 1. The number of carbonyl (C=O) groups excluding carboxylic acids is 1. The highest BCUT2D eigenvalue weighted by Gasteiger charge is 2.28. The van der Waals surface area contributed by atoms with Crippen molar-refractivity contribution in [1.29, 1.82) is 5.26 Å². The van der Waals surface area contributed by atoms with Gasteiger partial charge in [-0.05, 0) is 32.9 Å². The van der Waals surface area contributed by atoms with Crippen molar-refractivity contribution < 1.29 is 9.53 Å². The average Bonchev–Trinajstić information content (AvgIpc) is 2.35. The number of nitriles is 1. The molecule has 1 aliphatic rings. The molecular weight excluding hydrogens is 268 g/mol. The van der Waals surface area contributed by atoms with Crippen LogP contribution in [0.3, 0.4) is 0 Å². The second-order valence-corrected chi connectivity index (χ2v) is 6.15. The molecule has 0 unspecified atom stereocenters. The van der Waals surface area contributed by atoms with E-state index in [2.05, 4.69) is 15.2 Å². The molecule has 0 aliphatic carbocycles. The van der Waals surface area contributed by atoms with Crippen LogP contribution in [0.2, 0.25) is 0 Å². The topological polar surface area (TPSA) is 78.2 Å². The van der Waals surface area contributed by atoms with Crippen LogP contribution in [0, 0.1) is 17.2 Å². The van der Waals surface area contributed by atoms with E-state index in [0.717, 1.165) is 18.9 Å². The Balaban J connectivity index is 1.74. The van der Waals surface area contributed by atoms with Gasteiger partial charge >= 0.3 is 6.09 Å². The molecular formula is C15H20N4O2. The van der Waals surface area contributed by atoms with Crippen LogP contribution in [0.15, 0.2) is 18.2 Å². The number of nitrogens with one attached hydrogen (secondary N) is 1. The van der Waals surface area contributed by atoms with Crippen LogP contribution >= 0.6 is 0 Å². The highest BCUT2D eigenvalue weighted by atomic mass is 16.6. The predicted molar refractivity (Wildman–Crippen MR) is 78.9 cm³/mol. The molecule has 1 aromatic heterocycles. The summed E-state index contributed by atoms with van der Waals surface area (Å²) < 4.78 is 5.19. The molecule has 0 aromatic carbocycles. The molecule has 1 amide bonds. The van der Waals surface area contributed by atoms with Gasteiger partial charge in [-0.15, -0.1) is 0 Å². The van der Waals surface area contributed by atoms with Gasteiger partial charge in [0.1, 0.15) is 23.2 Å². The molecule has 1 aromatic rings. The molecule has 6 nitrogen and oxygen atoms in total. The van der Waals surface area contributed by atoms with E-state index in [4.69, 9.17) is 10.00 Å². The summed E-state index contributed by atoms with van der Waals surface area (Å²) in [6, 6.07) is 7.43. The Morgan fingerprint density at radius 3 is 2.86 bits per heavy atom. The van der Waals surface area contributed by atoms with E-state index < -0.39 is 5.60 Å². The molecule has 1 fully saturated rings. The summed E-state index contributed by atoms with van der Waals surface area (Å²) in [5, 5.41) is 11.6. The van der Waals surface area contributed by atoms with Gasteiger partial charge in [0.25, 0.3) is 0 Å². The highest BCUT2D eigenvalue weighted by Crippen LogP contribution is 2.22. The standard InChI is InChI=1S/C15H20N4O2/c1-15(2,3)21-14(20)17-8-11-9-19(10-11)13-6-4-5-12(7-16)18-13/h4-6,11H,8-10H2,1-3H3,(H,17,20). The van der Waals surface area contributed by atoms with Gasteiger partial charge in [0.05, 0.1) is 0 Å². The normalized spacial score (nSPS) is 15.0. The molecule has 0 spiro atoms. The molecule has 0 radical (unpaired) electrons. The summed E-state index contributed by atoms with van der Waals surface area (Å²) in [4.78, 5) is 17.9. The summed E-state index contributed by atoms with van der Waals surface area (Å²) in [6.07, 6.45) is -0.384. The second kappa shape index (κ2) is 6.00. The first kappa shape index (κ1) is 15.1. The highest BCUT2D eigenvalue weighted by molar-refractivity contribution is 5.67. The molecule has 0 saturated carbocycles. The molecule has 2 heterocycles. The van der Waals surface area contributed by atoms with Gasteiger partial charge in [0, 0.05) is 25.6 Å². The summed E-state index contributed by atoms with van der Waals surface area (Å²) >= 11 is 0. The number of hydrogen-bond acceptors (Lipinski definition) is 5. The first-order chi connectivity index (χ1) is 9.87. The van der Waals surface area contributed by atoms with E-state index in [1.54, 1.807) is 6.07 Å². The molecule has 1 aliphatic heterocycles. The minimum atomic E-state index is -0.475. The van der Waals surface area contributed by atoms with Crippen molar-refractivity contribution in [3.63, 3.8) is 0 Å². The van der Waals surface area contributed by atoms with E-state index in [0.29, 0.717) is 18.2 Å². The summed E-state index contributed by atoms with van der Waals surface area (Å²) in [7, 11) is 0. The zero-order valence-electron chi connectivity index (χ0n) is 12.6. The second-order valence-electron chi connectivity index (χ2n) is 6.15. The van der Waals surface area contributed by atoms with Gasteiger partial charge < -0.3 is 15.0 Å². The predicted octanol–water partition coefficient (Wildman–Crippen LogP) is 1.91. The van der Waals surface area contributed by atoms with Crippen LogP contribution < -0.4 is 10.2 Å². The lowest BCUT2D eigenvalue weighted by Gasteiger charge is -2.40. The van der Waals surface area contributed by atoms with Gasteiger partial charge in [0.15, 0.2) is 0 Å². The Kier molecular flexibility index (Phi) is 4.32. The summed E-state index contributed by atoms with van der Waals surface area (Å²) in [5.41, 5.74) is -0.0555. The first-order valence-corrected chi connectivity index (χ1v) is 6.96. The zero-order valence-corrected chi connectivity index (χ0v) is 12.6. The number of pyridine rings is 1. The maximum Gasteiger partial charge on any atom is 0.407 e. The number of amides is 1. The van der Waals surface area contributed by atoms with Crippen molar-refractivity contribution in [1.82, 2.24) is 10.3 Å². The van der Waals surface area contributed by atoms with Gasteiger partial charge in [-0.3, -0.25) is 0 Å². The molecule has 0 bridgehead atoms. The lowest BCUT2D eigenvalue weighted by molar-refractivity contribution is 0.0516. The fourth-order valence-corrected chi connectivity index (χ4v) is 2.09. The van der Waals surface area contributed by atoms with Gasteiger partial charge in [-0.25, -0.2) is 9.78 Å². The van der Waals surface area contributed by atoms with Gasteiger partial charge in [0.2, 0.25) is 0 Å². The minimum Gasteiger partial charge on any atom is -0.444 e. The van der Waals surface area contributed by atoms with E-state index in [-0.39, 0.29) is 6.09 Å². The lowest BCUT2D eigenvalue weighted by atomic mass is 10.0. The fourth-order valence-electron chi connectivity index (χ4n) is 2.09. The molecule has 1 N–H and O–H groups in total. The fraction of sp³-hybridized carbons (Fsp3) is 0.533. The number of ether oxygens (including phenoxy) is 1. The third-order valence-corrected chi connectivity index (χ3v) is 3.06. The average molecular weight is 288 g/mol. The van der Waals surface area contributed by atoms with E-state index >= 15 is 0 Å². The van der Waals surface area contributed by atoms with E-state index in [1.165, 1.54) is 0 Å². The number of nitrogens with zero attached hydrogens (tertiary/aromatic N) is 3. The molecule has 1 saturated heterocycles. The van der Waals surface area contributed by atoms with Crippen molar-refractivity contribution in [2.75, 3.05) is 24.5 Å². The lowest BCUT2D eigenvalue weighted by Crippen LogP contribution is -2.52. The number of carbonyl (C=O) groups is 1. The maximum atomic E-state index is 11.5. The SMILES string of the molecule is CC(C)(C)OC(=O)NCC1CN(c2cccc(C#N)n2)C1. The maximum absolute atomic E-state index is 11.5. The number of rotatable bonds is 3. The smallest absolute Gasteiger partial charge is 0.407 e. The Morgan fingerprint density at radius 1 is 1.52 bits per heavy atom. The van der Waals surface area contributed by atoms with Crippen LogP contribution in [0.1, 0.15) is 26.5 Å². The molecule has 6 heteroatoms. The first-order valence-electron chi connectivity index (χ1n) is 6.96. The molecule has 112 valence electrons. The summed E-state index contributed by atoms with van der Waals surface area (Å²) in [5.74, 6) is 1.19. The van der Waals surface area contributed by atoms with Crippen LogP contribution in [0.5, 0.6) is 0 Å². The third-order valence-electron chi connectivity index (χ3n) is 3.06. The third kappa shape index (κ3) is 4.35. The zero-order chi connectivity index (χ0) is 15.5. The van der Waals surface area contributed by atoms with Gasteiger partial charge in [-0.2, -0.15) is 5.26 Å². The van der Waals surface area contributed by atoms with Crippen LogP contribution in [0.4, 0.5) is 10.6 Å². The van der Waals surface area contributed by atoms with Crippen LogP contribution in [-0.2, 0) is 4.74 Å². The van der Waals surface area contributed by atoms with Crippen molar-refractivity contribution >= 4 is 11.9 Å². The quantitative estimate of drug-likeness (QED) is 0.919.